The van der Waals surface area contributed by atoms with Crippen LogP contribution in [0.15, 0.2) is 51.8 Å². The van der Waals surface area contributed by atoms with Crippen molar-refractivity contribution in [2.75, 3.05) is 0 Å². The molecule has 0 amide bonds. The standard InChI is InChI=1S/C21H19Cl2NO2S/c1-2-3-20-18(10-11-19(25)13-4-7-15(27)8-5-13)24-21(26-20)16-9-6-14(22)12-17(16)23/h4-9,12,27H,2-3,10-11H2,1H3/p+1. The molecular weight excluding hydrogens is 401 g/mol. The lowest BCUT2D eigenvalue weighted by Gasteiger charge is -2.01. The Kier molecular flexibility index (Phi) is 6.64. The number of halogens is 2. The number of Topliss-reactive ketones (excluding diaryl/α,β-unsaturated/α-hetero) is 1. The first-order valence-corrected chi connectivity index (χ1v) is 10.0. The van der Waals surface area contributed by atoms with Crippen molar-refractivity contribution < 1.29 is 9.21 Å². The zero-order chi connectivity index (χ0) is 19.4. The first-order chi connectivity index (χ1) is 13.0. The number of carbonyl (C=O) groups excluding carboxylic acids is 1. The van der Waals surface area contributed by atoms with Gasteiger partial charge < -0.3 is 4.42 Å². The van der Waals surface area contributed by atoms with E-state index in [4.69, 9.17) is 27.6 Å². The summed E-state index contributed by atoms with van der Waals surface area (Å²) in [7, 11) is 0. The molecule has 0 N–H and O–H groups in total. The molecule has 1 heterocycles. The van der Waals surface area contributed by atoms with Gasteiger partial charge in [0.1, 0.15) is 10.7 Å². The van der Waals surface area contributed by atoms with E-state index in [0.29, 0.717) is 39.9 Å². The lowest BCUT2D eigenvalue weighted by molar-refractivity contribution is 0.0982. The Hall–Kier alpha value is -1.75. The minimum atomic E-state index is 0.0817. The molecule has 0 saturated carbocycles. The fourth-order valence-electron chi connectivity index (χ4n) is 2.81. The second kappa shape index (κ2) is 8.96. The van der Waals surface area contributed by atoms with E-state index in [1.807, 2.05) is 24.3 Å². The summed E-state index contributed by atoms with van der Waals surface area (Å²) >= 11 is 15.7. The van der Waals surface area contributed by atoms with Crippen LogP contribution in [0.4, 0.5) is 0 Å². The van der Waals surface area contributed by atoms with Crippen LogP contribution in [0.2, 0.25) is 10.0 Å². The Morgan fingerprint density at radius 3 is 2.52 bits per heavy atom. The summed E-state index contributed by atoms with van der Waals surface area (Å²) in [4.78, 5) is 18.0. The van der Waals surface area contributed by atoms with Gasteiger partial charge in [0.25, 0.3) is 0 Å². The Labute approximate surface area is 174 Å². The number of aryl methyl sites for hydroxylation is 2. The van der Waals surface area contributed by atoms with E-state index in [1.165, 1.54) is 0 Å². The number of rotatable bonds is 7. The van der Waals surface area contributed by atoms with Crippen molar-refractivity contribution in [2.24, 2.45) is 0 Å². The van der Waals surface area contributed by atoms with Crippen LogP contribution in [0.25, 0.3) is 11.5 Å². The van der Waals surface area contributed by atoms with Crippen LogP contribution < -0.4 is 0 Å². The minimum absolute atomic E-state index is 0.0817. The largest absolute Gasteiger partial charge is 0.441 e. The summed E-state index contributed by atoms with van der Waals surface area (Å²) in [6.45, 7) is 2.08. The molecule has 0 saturated heterocycles. The summed E-state index contributed by atoms with van der Waals surface area (Å²) in [6, 6.07) is 12.6. The molecule has 3 aromatic rings. The number of nitrogens with zero attached hydrogens (tertiary/aromatic N) is 1. The quantitative estimate of drug-likeness (QED) is 0.358. The maximum absolute atomic E-state index is 12.5. The third-order valence-corrected chi connectivity index (χ3v) is 5.09. The average molecular weight is 421 g/mol. The molecule has 140 valence electrons. The maximum Gasteiger partial charge on any atom is 0.228 e. The van der Waals surface area contributed by atoms with E-state index >= 15 is 0 Å². The van der Waals surface area contributed by atoms with E-state index in [0.717, 1.165) is 29.2 Å². The molecule has 27 heavy (non-hydrogen) atoms. The highest BCUT2D eigenvalue weighted by molar-refractivity contribution is 7.58. The van der Waals surface area contributed by atoms with Crippen molar-refractivity contribution in [3.05, 3.63) is 69.5 Å². The molecule has 0 bridgehead atoms. The number of carbonyl (C=O) groups is 1. The molecule has 6 heteroatoms. The smallest absolute Gasteiger partial charge is 0.228 e. The number of oxazole rings is 1. The molecule has 0 atom stereocenters. The van der Waals surface area contributed by atoms with Crippen molar-refractivity contribution in [1.29, 1.82) is 0 Å². The van der Waals surface area contributed by atoms with E-state index < -0.39 is 0 Å². The Morgan fingerprint density at radius 2 is 1.85 bits per heavy atom. The summed E-state index contributed by atoms with van der Waals surface area (Å²) in [5, 5.41) is 1.05. The molecule has 0 unspecified atom stereocenters. The van der Waals surface area contributed by atoms with Crippen molar-refractivity contribution in [2.45, 2.75) is 37.5 Å². The van der Waals surface area contributed by atoms with E-state index in [-0.39, 0.29) is 5.78 Å². The van der Waals surface area contributed by atoms with Crippen LogP contribution >= 0.6 is 23.2 Å². The molecule has 0 radical (unpaired) electrons. The zero-order valence-corrected chi connectivity index (χ0v) is 17.4. The summed E-state index contributed by atoms with van der Waals surface area (Å²) in [5.41, 5.74) is 2.20. The Balaban J connectivity index is 1.81. The highest BCUT2D eigenvalue weighted by atomic mass is 35.5. The molecule has 0 fully saturated rings. The van der Waals surface area contributed by atoms with Gasteiger partial charge in [-0.3, -0.25) is 4.79 Å². The van der Waals surface area contributed by atoms with Crippen molar-refractivity contribution in [3.63, 3.8) is 0 Å². The average Bonchev–Trinajstić information content (AvgIpc) is 3.03. The summed E-state index contributed by atoms with van der Waals surface area (Å²) in [5.74, 6) is 1.35. The van der Waals surface area contributed by atoms with Crippen LogP contribution in [-0.2, 0) is 25.5 Å². The van der Waals surface area contributed by atoms with Gasteiger partial charge in [0.2, 0.25) is 5.89 Å². The van der Waals surface area contributed by atoms with Crippen LogP contribution in [0.1, 0.15) is 41.6 Å². The fourth-order valence-corrected chi connectivity index (χ4v) is 3.47. The zero-order valence-electron chi connectivity index (χ0n) is 14.9. The van der Waals surface area contributed by atoms with Crippen LogP contribution in [-0.4, -0.2) is 10.8 Å². The van der Waals surface area contributed by atoms with Gasteiger partial charge in [-0.25, -0.2) is 4.98 Å². The van der Waals surface area contributed by atoms with Gasteiger partial charge in [-0.2, -0.15) is 0 Å². The number of hydrogen-bond donors (Lipinski definition) is 0. The molecule has 1 aromatic heterocycles. The van der Waals surface area contributed by atoms with E-state index in [2.05, 4.69) is 24.5 Å². The van der Waals surface area contributed by atoms with E-state index in [1.54, 1.807) is 18.2 Å². The molecule has 0 spiro atoms. The van der Waals surface area contributed by atoms with E-state index in [9.17, 15) is 4.79 Å². The van der Waals surface area contributed by atoms with Crippen molar-refractivity contribution in [1.82, 2.24) is 4.98 Å². The SMILES string of the molecule is CCCc1oc(-c2ccc(Cl)cc2Cl)nc1CCC(=O)c1ccc([SH2+])cc1. The molecule has 0 aliphatic carbocycles. The molecule has 0 aliphatic heterocycles. The summed E-state index contributed by atoms with van der Waals surface area (Å²) < 4.78 is 5.96. The van der Waals surface area contributed by atoms with Gasteiger partial charge in [-0.05, 0) is 61.5 Å². The molecule has 3 nitrogen and oxygen atoms in total. The topological polar surface area (TPSA) is 43.1 Å². The fraction of sp³-hybridized carbons (Fsp3) is 0.238. The van der Waals surface area contributed by atoms with Crippen molar-refractivity contribution in [3.8, 4) is 11.5 Å². The predicted octanol–water partition coefficient (Wildman–Crippen LogP) is 5.79. The minimum Gasteiger partial charge on any atom is -0.441 e. The monoisotopic (exact) mass is 420 g/mol. The first kappa shape index (κ1) is 20.0. The third kappa shape index (κ3) is 4.95. The normalized spacial score (nSPS) is 11.0. The number of benzene rings is 2. The highest BCUT2D eigenvalue weighted by Crippen LogP contribution is 2.31. The molecule has 3 rings (SSSR count). The van der Waals surface area contributed by atoms with Gasteiger partial charge in [-0.15, -0.1) is 0 Å². The second-order valence-electron chi connectivity index (χ2n) is 6.26. The lowest BCUT2D eigenvalue weighted by atomic mass is 10.0. The number of ketones is 1. The van der Waals surface area contributed by atoms with Crippen molar-refractivity contribution >= 4 is 41.6 Å². The highest BCUT2D eigenvalue weighted by Gasteiger charge is 2.18. The molecule has 0 aliphatic rings. The predicted molar refractivity (Wildman–Crippen MR) is 113 cm³/mol. The second-order valence-corrected chi connectivity index (χ2v) is 7.68. The van der Waals surface area contributed by atoms with Gasteiger partial charge in [-0.1, -0.05) is 30.1 Å². The third-order valence-electron chi connectivity index (χ3n) is 4.21. The Morgan fingerprint density at radius 1 is 1.11 bits per heavy atom. The Bertz CT molecular complexity index is 951. The number of aromatic nitrogens is 1. The summed E-state index contributed by atoms with van der Waals surface area (Å²) in [6.07, 6.45) is 2.59. The first-order valence-electron chi connectivity index (χ1n) is 8.76. The van der Waals surface area contributed by atoms with Gasteiger partial charge in [0.15, 0.2) is 5.78 Å². The van der Waals surface area contributed by atoms with Crippen LogP contribution in [0.3, 0.4) is 0 Å². The molecule has 2 aromatic carbocycles. The maximum atomic E-state index is 12.5. The van der Waals surface area contributed by atoms with Crippen LogP contribution in [0, 0.1) is 0 Å². The van der Waals surface area contributed by atoms with Gasteiger partial charge >= 0.3 is 0 Å². The van der Waals surface area contributed by atoms with Gasteiger partial charge in [0.05, 0.1) is 16.3 Å². The lowest BCUT2D eigenvalue weighted by Crippen LogP contribution is -2.02. The van der Waals surface area contributed by atoms with Crippen LogP contribution in [0.5, 0.6) is 0 Å². The number of hydrogen-bond acceptors (Lipinski definition) is 3. The molecular formula is C21H20Cl2NO2S+. The van der Waals surface area contributed by atoms with Gasteiger partial charge in [0, 0.05) is 29.8 Å².